The summed E-state index contributed by atoms with van der Waals surface area (Å²) < 4.78 is 2.24. The summed E-state index contributed by atoms with van der Waals surface area (Å²) in [6.07, 6.45) is 2.69. The lowest BCUT2D eigenvalue weighted by Gasteiger charge is -2.33. The van der Waals surface area contributed by atoms with Crippen molar-refractivity contribution in [1.29, 1.82) is 0 Å². The van der Waals surface area contributed by atoms with Gasteiger partial charge in [-0.05, 0) is 51.6 Å². The molecule has 18 heavy (non-hydrogen) atoms. The first-order valence-corrected chi connectivity index (χ1v) is 7.20. The van der Waals surface area contributed by atoms with E-state index in [-0.39, 0.29) is 0 Å². The Kier molecular flexibility index (Phi) is 4.10. The fraction of sp³-hybridized carbons (Fsp3) is 0.800. The van der Waals surface area contributed by atoms with Gasteiger partial charge >= 0.3 is 0 Å². The number of piperidine rings is 1. The molecule has 0 aliphatic carbocycles. The zero-order chi connectivity index (χ0) is 13.3. The number of aromatic nitrogens is 2. The molecule has 1 aliphatic rings. The lowest BCUT2D eigenvalue weighted by Crippen LogP contribution is -2.35. The second-order valence-corrected chi connectivity index (χ2v) is 6.12. The van der Waals surface area contributed by atoms with Gasteiger partial charge in [0.05, 0.1) is 12.2 Å². The van der Waals surface area contributed by atoms with Crippen LogP contribution in [0.25, 0.3) is 0 Å². The van der Waals surface area contributed by atoms with Gasteiger partial charge in [-0.1, -0.05) is 13.8 Å². The molecule has 0 aromatic carbocycles. The summed E-state index contributed by atoms with van der Waals surface area (Å²) in [6.45, 7) is 12.4. The normalized spacial score (nSPS) is 18.8. The van der Waals surface area contributed by atoms with Crippen LogP contribution < -0.4 is 0 Å². The molecule has 0 N–H and O–H groups in total. The van der Waals surface area contributed by atoms with E-state index < -0.39 is 0 Å². The van der Waals surface area contributed by atoms with E-state index >= 15 is 0 Å². The van der Waals surface area contributed by atoms with E-state index in [4.69, 9.17) is 0 Å². The molecule has 1 saturated heterocycles. The first-order valence-electron chi connectivity index (χ1n) is 7.20. The summed E-state index contributed by atoms with van der Waals surface area (Å²) in [4.78, 5) is 7.23. The van der Waals surface area contributed by atoms with Gasteiger partial charge in [0.25, 0.3) is 0 Å². The number of rotatable bonds is 3. The second-order valence-electron chi connectivity index (χ2n) is 6.12. The van der Waals surface area contributed by atoms with E-state index in [1.807, 2.05) is 0 Å². The quantitative estimate of drug-likeness (QED) is 0.821. The van der Waals surface area contributed by atoms with Crippen LogP contribution in [-0.2, 0) is 13.6 Å². The average Bonchev–Trinajstić information content (AvgIpc) is 2.58. The zero-order valence-corrected chi connectivity index (χ0v) is 12.5. The molecule has 2 heterocycles. The predicted octanol–water partition coefficient (Wildman–Crippen LogP) is 2.90. The van der Waals surface area contributed by atoms with Gasteiger partial charge in [-0.2, -0.15) is 0 Å². The Labute approximate surface area is 111 Å². The molecule has 102 valence electrons. The monoisotopic (exact) mass is 249 g/mol. The molecule has 3 nitrogen and oxygen atoms in total. The molecule has 0 bridgehead atoms. The molecular formula is C15H27N3. The number of hydrogen-bond acceptors (Lipinski definition) is 2. The fourth-order valence-electron chi connectivity index (χ4n) is 2.90. The third kappa shape index (κ3) is 2.77. The molecule has 0 radical (unpaired) electrons. The van der Waals surface area contributed by atoms with E-state index in [1.54, 1.807) is 0 Å². The minimum absolute atomic E-state index is 0.838. The van der Waals surface area contributed by atoms with Crippen LogP contribution >= 0.6 is 0 Å². The molecule has 0 spiro atoms. The maximum absolute atomic E-state index is 4.68. The Balaban J connectivity index is 1.93. The molecule has 1 aliphatic heterocycles. The Hall–Kier alpha value is -0.830. The van der Waals surface area contributed by atoms with Crippen LogP contribution in [0.2, 0.25) is 0 Å². The highest BCUT2D eigenvalue weighted by Gasteiger charge is 2.22. The van der Waals surface area contributed by atoms with Crippen molar-refractivity contribution in [3.63, 3.8) is 0 Å². The van der Waals surface area contributed by atoms with Crippen molar-refractivity contribution in [3.05, 3.63) is 17.2 Å². The minimum atomic E-state index is 0.838. The standard InChI is InChI=1S/C15H27N3/c1-11(2)14-6-8-18(9-7-14)10-15-16-12(3)13(4)17(15)5/h11,14H,6-10H2,1-5H3. The van der Waals surface area contributed by atoms with Crippen LogP contribution in [0.5, 0.6) is 0 Å². The van der Waals surface area contributed by atoms with Gasteiger partial charge in [0.15, 0.2) is 0 Å². The van der Waals surface area contributed by atoms with Gasteiger partial charge in [-0.25, -0.2) is 4.98 Å². The molecule has 3 heteroatoms. The van der Waals surface area contributed by atoms with E-state index in [2.05, 4.69) is 49.2 Å². The van der Waals surface area contributed by atoms with Crippen molar-refractivity contribution in [2.24, 2.45) is 18.9 Å². The lowest BCUT2D eigenvalue weighted by molar-refractivity contribution is 0.148. The largest absolute Gasteiger partial charge is 0.334 e. The van der Waals surface area contributed by atoms with Crippen molar-refractivity contribution >= 4 is 0 Å². The van der Waals surface area contributed by atoms with Crippen molar-refractivity contribution in [2.45, 2.75) is 47.1 Å². The molecule has 0 unspecified atom stereocenters. The van der Waals surface area contributed by atoms with Gasteiger partial charge in [0.1, 0.15) is 5.82 Å². The van der Waals surface area contributed by atoms with E-state index in [9.17, 15) is 0 Å². The smallest absolute Gasteiger partial charge is 0.123 e. The van der Waals surface area contributed by atoms with Crippen LogP contribution in [0.1, 0.15) is 43.9 Å². The second kappa shape index (κ2) is 5.43. The van der Waals surface area contributed by atoms with Crippen LogP contribution in [0.4, 0.5) is 0 Å². The van der Waals surface area contributed by atoms with Crippen molar-refractivity contribution < 1.29 is 0 Å². The van der Waals surface area contributed by atoms with E-state index in [0.717, 1.165) is 18.4 Å². The first kappa shape index (κ1) is 13.6. The molecule has 0 saturated carbocycles. The van der Waals surface area contributed by atoms with Crippen molar-refractivity contribution in [3.8, 4) is 0 Å². The summed E-state index contributed by atoms with van der Waals surface area (Å²) in [5, 5.41) is 0. The highest BCUT2D eigenvalue weighted by atomic mass is 15.2. The molecule has 0 atom stereocenters. The molecule has 2 rings (SSSR count). The summed E-state index contributed by atoms with van der Waals surface area (Å²) in [5.41, 5.74) is 2.46. The third-order valence-corrected chi connectivity index (χ3v) is 4.65. The Morgan fingerprint density at radius 2 is 1.83 bits per heavy atom. The van der Waals surface area contributed by atoms with Gasteiger partial charge in [0, 0.05) is 12.7 Å². The van der Waals surface area contributed by atoms with Crippen LogP contribution in [-0.4, -0.2) is 27.5 Å². The Morgan fingerprint density at radius 1 is 1.22 bits per heavy atom. The zero-order valence-electron chi connectivity index (χ0n) is 12.5. The number of aryl methyl sites for hydroxylation is 1. The van der Waals surface area contributed by atoms with Crippen LogP contribution in [0.15, 0.2) is 0 Å². The fourth-order valence-corrected chi connectivity index (χ4v) is 2.90. The number of likely N-dealkylation sites (tertiary alicyclic amines) is 1. The Morgan fingerprint density at radius 3 is 2.28 bits per heavy atom. The van der Waals surface area contributed by atoms with Crippen LogP contribution in [0, 0.1) is 25.7 Å². The highest BCUT2D eigenvalue weighted by Crippen LogP contribution is 2.25. The molecular weight excluding hydrogens is 222 g/mol. The van der Waals surface area contributed by atoms with Crippen LogP contribution in [0.3, 0.4) is 0 Å². The summed E-state index contributed by atoms with van der Waals surface area (Å²) in [7, 11) is 2.13. The first-order chi connectivity index (χ1) is 8.49. The minimum Gasteiger partial charge on any atom is -0.334 e. The van der Waals surface area contributed by atoms with Crippen molar-refractivity contribution in [2.75, 3.05) is 13.1 Å². The van der Waals surface area contributed by atoms with Crippen molar-refractivity contribution in [1.82, 2.24) is 14.5 Å². The molecule has 1 aromatic rings. The van der Waals surface area contributed by atoms with Gasteiger partial charge in [0.2, 0.25) is 0 Å². The molecule has 1 aromatic heterocycles. The maximum atomic E-state index is 4.68. The maximum Gasteiger partial charge on any atom is 0.123 e. The van der Waals surface area contributed by atoms with Gasteiger partial charge in [-0.3, -0.25) is 4.90 Å². The number of hydrogen-bond donors (Lipinski definition) is 0. The van der Waals surface area contributed by atoms with E-state index in [0.29, 0.717) is 0 Å². The SMILES string of the molecule is Cc1nc(CN2CCC(C(C)C)CC2)n(C)c1C. The topological polar surface area (TPSA) is 21.1 Å². The number of nitrogens with zero attached hydrogens (tertiary/aromatic N) is 3. The molecule has 1 fully saturated rings. The highest BCUT2D eigenvalue weighted by molar-refractivity contribution is 5.13. The van der Waals surface area contributed by atoms with E-state index in [1.165, 1.54) is 43.1 Å². The van der Waals surface area contributed by atoms with Gasteiger partial charge < -0.3 is 4.57 Å². The third-order valence-electron chi connectivity index (χ3n) is 4.65. The summed E-state index contributed by atoms with van der Waals surface area (Å²) in [6, 6.07) is 0. The lowest BCUT2D eigenvalue weighted by atomic mass is 9.87. The summed E-state index contributed by atoms with van der Waals surface area (Å²) >= 11 is 0. The van der Waals surface area contributed by atoms with Gasteiger partial charge in [-0.15, -0.1) is 0 Å². The molecule has 0 amide bonds. The average molecular weight is 249 g/mol. The summed E-state index contributed by atoms with van der Waals surface area (Å²) in [5.74, 6) is 2.98. The predicted molar refractivity (Wildman–Crippen MR) is 75.5 cm³/mol. The number of imidazole rings is 1. The Bertz CT molecular complexity index is 398.